The van der Waals surface area contributed by atoms with E-state index in [1.165, 1.54) is 18.2 Å². The zero-order valence-corrected chi connectivity index (χ0v) is 24.6. The van der Waals surface area contributed by atoms with Gasteiger partial charge in [0, 0.05) is 11.6 Å². The molecule has 3 rings (SSSR count). The minimum atomic E-state index is -5.32. The first-order chi connectivity index (χ1) is 21.6. The second-order valence-electron chi connectivity index (χ2n) is 10.8. The smallest absolute Gasteiger partial charge is 0.364 e. The molecule has 1 saturated carbocycles. The van der Waals surface area contributed by atoms with Crippen LogP contribution in [-0.4, -0.2) is 39.0 Å². The number of hydrogen-bond donors (Lipinski definition) is 3. The van der Waals surface area contributed by atoms with Crippen LogP contribution in [0.15, 0.2) is 61.7 Å². The molecule has 1 aromatic carbocycles. The van der Waals surface area contributed by atoms with Crippen molar-refractivity contribution < 1.29 is 45.6 Å². The van der Waals surface area contributed by atoms with Crippen LogP contribution < -0.4 is 16.2 Å². The summed E-state index contributed by atoms with van der Waals surface area (Å²) >= 11 is 0. The minimum Gasteiger partial charge on any atom is -0.364 e. The predicted octanol–water partition coefficient (Wildman–Crippen LogP) is 6.94. The molecule has 0 radical (unpaired) electrons. The number of aromatic nitrogens is 1. The summed E-state index contributed by atoms with van der Waals surface area (Å²) in [6.45, 7) is 6.36. The maximum Gasteiger partial charge on any atom is 0.426 e. The summed E-state index contributed by atoms with van der Waals surface area (Å²) in [5, 5.41) is 14.5. The monoisotopic (exact) mass is 657 g/mol. The third-order valence-electron chi connectivity index (χ3n) is 7.59. The summed E-state index contributed by atoms with van der Waals surface area (Å²) in [6.07, 6.45) is -5.94. The number of anilines is 1. The highest BCUT2D eigenvalue weighted by Gasteiger charge is 2.61. The van der Waals surface area contributed by atoms with E-state index in [2.05, 4.69) is 23.5 Å². The molecule has 250 valence electrons. The standard InChI is InChI=1S/C30H33F6N5O5/c1-3-5-17-28(30(34,35)36,46-19-20-12-8-6-9-13-20)26(43)40-39-25(42)23-22(41(44)45)18-21(29(31,32)33)24(37-23)38-27(14-4-2)15-10-7-11-16-27/h3-4,6,8-9,12-13,18H,1-2,5,7,10-11,14-17,19H2,(H,37,38)(H,39,42)(H,40,43)/t28-/m1/s1. The van der Waals surface area contributed by atoms with Gasteiger partial charge in [-0.3, -0.25) is 30.6 Å². The van der Waals surface area contributed by atoms with Crippen molar-refractivity contribution in [2.75, 3.05) is 5.32 Å². The fourth-order valence-electron chi connectivity index (χ4n) is 5.22. The van der Waals surface area contributed by atoms with Crippen LogP contribution in [0.3, 0.4) is 0 Å². The second-order valence-corrected chi connectivity index (χ2v) is 10.8. The fraction of sp³-hybridized carbons (Fsp3) is 0.433. The number of ether oxygens (including phenoxy) is 1. The topological polar surface area (TPSA) is 135 Å². The van der Waals surface area contributed by atoms with E-state index >= 15 is 0 Å². The molecule has 16 heteroatoms. The van der Waals surface area contributed by atoms with Crippen molar-refractivity contribution in [3.05, 3.63) is 88.6 Å². The lowest BCUT2D eigenvalue weighted by Gasteiger charge is -2.38. The van der Waals surface area contributed by atoms with E-state index in [-0.39, 0.29) is 18.9 Å². The van der Waals surface area contributed by atoms with Crippen LogP contribution in [0.2, 0.25) is 0 Å². The Morgan fingerprint density at radius 3 is 2.22 bits per heavy atom. The Hall–Kier alpha value is -4.47. The number of hydrazine groups is 1. The van der Waals surface area contributed by atoms with Crippen molar-refractivity contribution in [1.82, 2.24) is 15.8 Å². The summed E-state index contributed by atoms with van der Waals surface area (Å²) in [5.41, 5.74) is -5.05. The third-order valence-corrected chi connectivity index (χ3v) is 7.59. The number of nitrogens with one attached hydrogen (secondary N) is 3. The molecule has 2 amide bonds. The molecule has 1 heterocycles. The van der Waals surface area contributed by atoms with Gasteiger partial charge in [-0.15, -0.1) is 13.2 Å². The van der Waals surface area contributed by atoms with Crippen LogP contribution in [0.1, 0.15) is 73.0 Å². The lowest BCUT2D eigenvalue weighted by atomic mass is 9.79. The molecule has 0 aliphatic heterocycles. The van der Waals surface area contributed by atoms with E-state index in [1.807, 2.05) is 0 Å². The Morgan fingerprint density at radius 2 is 1.67 bits per heavy atom. The summed E-state index contributed by atoms with van der Waals surface area (Å²) in [7, 11) is 0. The van der Waals surface area contributed by atoms with Crippen LogP contribution in [0.5, 0.6) is 0 Å². The van der Waals surface area contributed by atoms with Gasteiger partial charge in [-0.25, -0.2) is 4.98 Å². The van der Waals surface area contributed by atoms with Gasteiger partial charge in [0.05, 0.1) is 11.5 Å². The number of alkyl halides is 6. The fourth-order valence-corrected chi connectivity index (χ4v) is 5.22. The number of hydrogen-bond acceptors (Lipinski definition) is 7. The molecule has 1 aliphatic carbocycles. The molecule has 10 nitrogen and oxygen atoms in total. The normalized spacial score (nSPS) is 16.0. The van der Waals surface area contributed by atoms with Gasteiger partial charge in [0.2, 0.25) is 11.3 Å². The van der Waals surface area contributed by atoms with Crippen LogP contribution in [0, 0.1) is 10.1 Å². The molecule has 1 aliphatic rings. The number of carbonyl (C=O) groups excluding carboxylic acids is 2. The van der Waals surface area contributed by atoms with Crippen molar-refractivity contribution in [2.45, 2.75) is 81.5 Å². The predicted molar refractivity (Wildman–Crippen MR) is 155 cm³/mol. The summed E-state index contributed by atoms with van der Waals surface area (Å²) < 4.78 is 90.7. The minimum absolute atomic E-state index is 0.115. The van der Waals surface area contributed by atoms with Gasteiger partial charge in [0.1, 0.15) is 11.4 Å². The summed E-state index contributed by atoms with van der Waals surface area (Å²) in [6, 6.07) is 7.73. The molecule has 2 aromatic rings. The summed E-state index contributed by atoms with van der Waals surface area (Å²) in [4.78, 5) is 40.3. The van der Waals surface area contributed by atoms with Gasteiger partial charge in [-0.05, 0) is 37.7 Å². The van der Waals surface area contributed by atoms with E-state index in [0.29, 0.717) is 31.2 Å². The van der Waals surface area contributed by atoms with Gasteiger partial charge in [0.25, 0.3) is 11.8 Å². The molecular weight excluding hydrogens is 624 g/mol. The Balaban J connectivity index is 1.99. The highest BCUT2D eigenvalue weighted by molar-refractivity contribution is 5.98. The number of amides is 2. The van der Waals surface area contributed by atoms with Crippen LogP contribution in [-0.2, 0) is 22.3 Å². The maximum absolute atomic E-state index is 14.4. The third kappa shape index (κ3) is 8.41. The zero-order valence-electron chi connectivity index (χ0n) is 24.6. The number of halogens is 6. The largest absolute Gasteiger partial charge is 0.426 e. The quantitative estimate of drug-likeness (QED) is 0.0919. The molecule has 1 aromatic heterocycles. The van der Waals surface area contributed by atoms with E-state index < -0.39 is 76.0 Å². The molecule has 0 spiro atoms. The molecule has 0 unspecified atom stereocenters. The van der Waals surface area contributed by atoms with Gasteiger partial charge >= 0.3 is 18.0 Å². The molecular formula is C30H33F6N5O5. The van der Waals surface area contributed by atoms with E-state index in [0.717, 1.165) is 12.5 Å². The zero-order chi connectivity index (χ0) is 34.2. The number of carbonyl (C=O) groups is 2. The lowest BCUT2D eigenvalue weighted by molar-refractivity contribution is -0.385. The Kier molecular flexibility index (Phi) is 11.5. The van der Waals surface area contributed by atoms with E-state index in [1.54, 1.807) is 29.1 Å². The molecule has 0 saturated heterocycles. The van der Waals surface area contributed by atoms with Crippen LogP contribution in [0.4, 0.5) is 37.8 Å². The van der Waals surface area contributed by atoms with Crippen LogP contribution in [0.25, 0.3) is 0 Å². The molecule has 1 atom stereocenters. The SMILES string of the molecule is C=CCC[C@@](OCc1ccccc1)(C(=O)NNC(=O)c1nc(NC2(CC=C)CCCCC2)c(C(F)(F)F)cc1[N+](=O)[O-])C(F)(F)F. The molecule has 3 N–H and O–H groups in total. The molecule has 1 fully saturated rings. The van der Waals surface area contributed by atoms with Crippen molar-refractivity contribution in [3.8, 4) is 0 Å². The first kappa shape index (κ1) is 36.0. The average Bonchev–Trinajstić information content (AvgIpc) is 2.99. The number of benzene rings is 1. The van der Waals surface area contributed by atoms with Gasteiger partial charge in [-0.1, -0.05) is 61.7 Å². The van der Waals surface area contributed by atoms with Gasteiger partial charge in [-0.2, -0.15) is 26.3 Å². The highest BCUT2D eigenvalue weighted by atomic mass is 19.4. The molecule has 46 heavy (non-hydrogen) atoms. The lowest BCUT2D eigenvalue weighted by Crippen LogP contribution is -2.61. The number of nitro groups is 1. The van der Waals surface area contributed by atoms with Crippen molar-refractivity contribution in [2.24, 2.45) is 0 Å². The van der Waals surface area contributed by atoms with Gasteiger partial charge in [0.15, 0.2) is 0 Å². The maximum atomic E-state index is 14.4. The number of rotatable bonds is 13. The summed E-state index contributed by atoms with van der Waals surface area (Å²) in [5.74, 6) is -4.41. The second kappa shape index (κ2) is 14.7. The van der Waals surface area contributed by atoms with Crippen molar-refractivity contribution >= 4 is 23.3 Å². The van der Waals surface area contributed by atoms with Gasteiger partial charge < -0.3 is 10.1 Å². The average molecular weight is 658 g/mol. The number of nitrogens with zero attached hydrogens (tertiary/aromatic N) is 2. The Bertz CT molecular complexity index is 1430. The van der Waals surface area contributed by atoms with E-state index in [4.69, 9.17) is 4.74 Å². The molecule has 0 bridgehead atoms. The first-order valence-electron chi connectivity index (χ1n) is 14.2. The Labute approximate surface area is 260 Å². The number of pyridine rings is 1. The van der Waals surface area contributed by atoms with E-state index in [9.17, 15) is 46.0 Å². The first-order valence-corrected chi connectivity index (χ1v) is 14.2. The highest BCUT2D eigenvalue weighted by Crippen LogP contribution is 2.42. The van der Waals surface area contributed by atoms with Crippen LogP contribution >= 0.6 is 0 Å². The van der Waals surface area contributed by atoms with Crippen molar-refractivity contribution in [3.63, 3.8) is 0 Å². The number of allylic oxidation sites excluding steroid dienone is 1. The van der Waals surface area contributed by atoms with Crippen molar-refractivity contribution in [1.29, 1.82) is 0 Å². The Morgan fingerprint density at radius 1 is 1.02 bits per heavy atom.